The number of sulfonamides is 1. The first-order valence-electron chi connectivity index (χ1n) is 10.4. The quantitative estimate of drug-likeness (QED) is 0.578. The highest BCUT2D eigenvalue weighted by Gasteiger charge is 2.48. The van der Waals surface area contributed by atoms with Gasteiger partial charge in [0.15, 0.2) is 0 Å². The summed E-state index contributed by atoms with van der Waals surface area (Å²) in [5.74, 6) is -0.404. The van der Waals surface area contributed by atoms with E-state index in [1.807, 2.05) is 42.5 Å². The molecule has 0 radical (unpaired) electrons. The Morgan fingerprint density at radius 3 is 2.16 bits per heavy atom. The van der Waals surface area contributed by atoms with Crippen LogP contribution in [0.25, 0.3) is 11.1 Å². The smallest absolute Gasteiger partial charge is 0.299 e. The zero-order valence-electron chi connectivity index (χ0n) is 18.1. The summed E-state index contributed by atoms with van der Waals surface area (Å²) in [6, 6.07) is 22.8. The van der Waals surface area contributed by atoms with Gasteiger partial charge in [0.1, 0.15) is 16.7 Å². The molecule has 166 valence electrons. The zero-order chi connectivity index (χ0) is 22.9. The van der Waals surface area contributed by atoms with Gasteiger partial charge in [-0.15, -0.1) is 0 Å². The van der Waals surface area contributed by atoms with Crippen LogP contribution in [0.2, 0.25) is 0 Å². The Bertz CT molecular complexity index is 1240. The van der Waals surface area contributed by atoms with Crippen molar-refractivity contribution in [3.63, 3.8) is 0 Å². The predicted octanol–water partition coefficient (Wildman–Crippen LogP) is 5.38. The molecule has 1 fully saturated rings. The third-order valence-electron chi connectivity index (χ3n) is 5.52. The van der Waals surface area contributed by atoms with Gasteiger partial charge in [-0.1, -0.05) is 72.8 Å². The summed E-state index contributed by atoms with van der Waals surface area (Å²) >= 11 is 0. The highest BCUT2D eigenvalue weighted by atomic mass is 32.2. The van der Waals surface area contributed by atoms with Crippen LogP contribution in [-0.2, 0) is 14.8 Å². The molecule has 1 unspecified atom stereocenters. The van der Waals surface area contributed by atoms with Crippen molar-refractivity contribution < 1.29 is 17.5 Å². The predicted molar refractivity (Wildman–Crippen MR) is 124 cm³/mol. The highest BCUT2D eigenvalue weighted by molar-refractivity contribution is 7.90. The number of nitrogens with one attached hydrogen (secondary N) is 1. The van der Waals surface area contributed by atoms with Gasteiger partial charge < -0.3 is 4.74 Å². The van der Waals surface area contributed by atoms with Gasteiger partial charge in [-0.3, -0.25) is 0 Å². The maximum absolute atomic E-state index is 14.1. The van der Waals surface area contributed by atoms with E-state index in [0.717, 1.165) is 11.1 Å². The maximum Gasteiger partial charge on any atom is 0.299 e. The first-order chi connectivity index (χ1) is 15.2. The minimum absolute atomic E-state index is 0.136. The van der Waals surface area contributed by atoms with Gasteiger partial charge in [0, 0.05) is 5.56 Å². The third kappa shape index (κ3) is 4.39. The molecule has 1 N–H and O–H groups in total. The summed E-state index contributed by atoms with van der Waals surface area (Å²) in [5, 5.41) is -0.942. The Balaban J connectivity index is 1.62. The summed E-state index contributed by atoms with van der Waals surface area (Å²) in [5.41, 5.74) is 1.93. The minimum Gasteiger partial charge on any atom is -0.457 e. The van der Waals surface area contributed by atoms with E-state index in [0.29, 0.717) is 11.1 Å². The van der Waals surface area contributed by atoms with E-state index in [-0.39, 0.29) is 6.02 Å². The van der Waals surface area contributed by atoms with Gasteiger partial charge in [0.2, 0.25) is 10.0 Å². The summed E-state index contributed by atoms with van der Waals surface area (Å²) < 4.78 is 48.9. The summed E-state index contributed by atoms with van der Waals surface area (Å²) in [6.07, 6.45) is 0. The van der Waals surface area contributed by atoms with Crippen molar-refractivity contribution in [3.05, 3.63) is 95.8 Å². The molecular formula is C25H25FN2O3S. The van der Waals surface area contributed by atoms with E-state index in [9.17, 15) is 12.8 Å². The Kier molecular flexibility index (Phi) is 5.77. The van der Waals surface area contributed by atoms with Crippen molar-refractivity contribution in [3.8, 4) is 11.1 Å². The lowest BCUT2D eigenvalue weighted by Crippen LogP contribution is -2.53. The second-order valence-corrected chi connectivity index (χ2v) is 10.1. The number of aliphatic imine (C=N–C) groups is 1. The second kappa shape index (κ2) is 8.39. The number of nitrogens with zero attached hydrogens (tertiary/aromatic N) is 1. The number of benzene rings is 3. The molecule has 1 aliphatic heterocycles. The normalized spacial score (nSPS) is 21.4. The molecule has 0 aliphatic carbocycles. The molecular weight excluding hydrogens is 427 g/mol. The largest absolute Gasteiger partial charge is 0.457 e. The molecule has 3 aromatic carbocycles. The lowest BCUT2D eigenvalue weighted by atomic mass is 9.95. The van der Waals surface area contributed by atoms with Crippen molar-refractivity contribution in [1.82, 2.24) is 4.72 Å². The van der Waals surface area contributed by atoms with Crippen LogP contribution < -0.4 is 4.72 Å². The van der Waals surface area contributed by atoms with E-state index in [1.165, 1.54) is 6.07 Å². The number of rotatable bonds is 4. The average Bonchev–Trinajstić information content (AvgIpc) is 2.73. The Hall–Kier alpha value is -3.19. The van der Waals surface area contributed by atoms with Crippen molar-refractivity contribution in [2.75, 3.05) is 0 Å². The first kappa shape index (κ1) is 22.0. The molecule has 0 aromatic heterocycles. The van der Waals surface area contributed by atoms with Crippen LogP contribution in [0.5, 0.6) is 0 Å². The number of halogens is 1. The van der Waals surface area contributed by atoms with Crippen LogP contribution in [0.3, 0.4) is 0 Å². The average molecular weight is 453 g/mol. The van der Waals surface area contributed by atoms with Crippen molar-refractivity contribution in [2.45, 2.75) is 37.7 Å². The van der Waals surface area contributed by atoms with E-state index in [1.54, 1.807) is 51.1 Å². The van der Waals surface area contributed by atoms with Crippen LogP contribution in [0.4, 0.5) is 4.39 Å². The van der Waals surface area contributed by atoms with Gasteiger partial charge >= 0.3 is 0 Å². The monoisotopic (exact) mass is 452 g/mol. The second-order valence-electron chi connectivity index (χ2n) is 8.35. The van der Waals surface area contributed by atoms with E-state index in [4.69, 9.17) is 4.74 Å². The first-order valence-corrected chi connectivity index (χ1v) is 11.9. The fourth-order valence-electron chi connectivity index (χ4n) is 4.05. The number of hydrogen-bond donors (Lipinski definition) is 1. The summed E-state index contributed by atoms with van der Waals surface area (Å²) in [6.45, 7) is 5.11. The zero-order valence-corrected chi connectivity index (χ0v) is 18.9. The molecule has 1 aliphatic rings. The SMILES string of the molecule is C[C@H](N=C1NS(=O)(=O)C(c2ccc(-c3ccccc3)cc2)C(C)(C)O1)c1ccccc1F. The van der Waals surface area contributed by atoms with Gasteiger partial charge in [0.25, 0.3) is 6.02 Å². The van der Waals surface area contributed by atoms with Crippen LogP contribution in [-0.4, -0.2) is 20.0 Å². The molecule has 32 heavy (non-hydrogen) atoms. The van der Waals surface area contributed by atoms with Crippen molar-refractivity contribution in [2.24, 2.45) is 4.99 Å². The van der Waals surface area contributed by atoms with E-state index in [2.05, 4.69) is 9.71 Å². The highest BCUT2D eigenvalue weighted by Crippen LogP contribution is 2.39. The third-order valence-corrected chi connectivity index (χ3v) is 7.44. The standard InChI is InChI=1S/C25H25FN2O3S/c1-17(21-11-7-8-12-22(21)26)27-24-28-32(29,30)23(25(2,3)31-24)20-15-13-19(14-16-20)18-9-5-4-6-10-18/h4-17,23H,1-3H3,(H,27,28)/t17-,23?/m0/s1. The molecule has 0 saturated carbocycles. The molecule has 4 rings (SSSR count). The maximum atomic E-state index is 14.1. The molecule has 0 bridgehead atoms. The number of amidine groups is 1. The number of hydrogen-bond acceptors (Lipinski definition) is 4. The van der Waals surface area contributed by atoms with Gasteiger partial charge in [0.05, 0.1) is 6.04 Å². The lowest BCUT2D eigenvalue weighted by molar-refractivity contribution is 0.0761. The van der Waals surface area contributed by atoms with Crippen LogP contribution in [0.15, 0.2) is 83.9 Å². The van der Waals surface area contributed by atoms with Crippen molar-refractivity contribution >= 4 is 16.0 Å². The fraction of sp³-hybridized carbons (Fsp3) is 0.240. The molecule has 5 nitrogen and oxygen atoms in total. The van der Waals surface area contributed by atoms with Crippen LogP contribution in [0, 0.1) is 5.82 Å². The van der Waals surface area contributed by atoms with Crippen LogP contribution >= 0.6 is 0 Å². The summed E-state index contributed by atoms with van der Waals surface area (Å²) in [4.78, 5) is 4.30. The van der Waals surface area contributed by atoms with E-state index >= 15 is 0 Å². The Morgan fingerprint density at radius 1 is 0.938 bits per heavy atom. The minimum atomic E-state index is -3.85. The molecule has 3 aromatic rings. The fourth-order valence-corrected chi connectivity index (χ4v) is 5.82. The van der Waals surface area contributed by atoms with E-state index < -0.39 is 32.7 Å². The Morgan fingerprint density at radius 2 is 1.53 bits per heavy atom. The van der Waals surface area contributed by atoms with Gasteiger partial charge in [-0.05, 0) is 43.5 Å². The molecule has 1 heterocycles. The lowest BCUT2D eigenvalue weighted by Gasteiger charge is -2.39. The topological polar surface area (TPSA) is 67.8 Å². The summed E-state index contributed by atoms with van der Waals surface area (Å²) in [7, 11) is -3.85. The number of ether oxygens (including phenoxy) is 1. The van der Waals surface area contributed by atoms with Gasteiger partial charge in [-0.2, -0.15) is 0 Å². The Labute approximate surface area is 188 Å². The molecule has 2 atom stereocenters. The molecule has 0 amide bonds. The van der Waals surface area contributed by atoms with Crippen molar-refractivity contribution in [1.29, 1.82) is 0 Å². The molecule has 1 saturated heterocycles. The van der Waals surface area contributed by atoms with Crippen LogP contribution in [0.1, 0.15) is 43.2 Å². The molecule has 0 spiro atoms. The van der Waals surface area contributed by atoms with Gasteiger partial charge in [-0.25, -0.2) is 22.5 Å². The molecule has 7 heteroatoms.